The number of aliphatic hydroxyl groups excluding tert-OH is 1. The average Bonchev–Trinajstić information content (AvgIpc) is 2.85. The van der Waals surface area contributed by atoms with Gasteiger partial charge in [0.15, 0.2) is 0 Å². The van der Waals surface area contributed by atoms with Crippen LogP contribution in [0.5, 0.6) is 5.75 Å². The summed E-state index contributed by atoms with van der Waals surface area (Å²) in [6.07, 6.45) is 5.15. The predicted octanol–water partition coefficient (Wildman–Crippen LogP) is 1.94. The van der Waals surface area contributed by atoms with Crippen molar-refractivity contribution in [2.45, 2.75) is 32.3 Å². The third-order valence-electron chi connectivity index (χ3n) is 4.74. The van der Waals surface area contributed by atoms with Gasteiger partial charge in [-0.2, -0.15) is 0 Å². The zero-order chi connectivity index (χ0) is 17.1. The van der Waals surface area contributed by atoms with Crippen molar-refractivity contribution in [2.24, 2.45) is 11.8 Å². The summed E-state index contributed by atoms with van der Waals surface area (Å²) in [5, 5.41) is 10.2. The highest BCUT2D eigenvalue weighted by Gasteiger charge is 2.47. The monoisotopic (exact) mass is 329 g/mol. The van der Waals surface area contributed by atoms with E-state index in [1.165, 1.54) is 4.90 Å². The minimum atomic E-state index is -0.892. The maximum Gasteiger partial charge on any atom is 0.233 e. The molecule has 1 fully saturated rings. The molecule has 128 valence electrons. The van der Waals surface area contributed by atoms with Crippen LogP contribution in [0.1, 0.15) is 25.3 Å². The van der Waals surface area contributed by atoms with E-state index in [9.17, 15) is 14.7 Å². The van der Waals surface area contributed by atoms with E-state index in [4.69, 9.17) is 4.74 Å². The van der Waals surface area contributed by atoms with E-state index < -0.39 is 6.10 Å². The number of hydrogen-bond acceptors (Lipinski definition) is 4. The number of benzene rings is 1. The molecule has 5 nitrogen and oxygen atoms in total. The van der Waals surface area contributed by atoms with E-state index >= 15 is 0 Å². The van der Waals surface area contributed by atoms with E-state index in [2.05, 4.69) is 6.92 Å². The molecule has 2 aliphatic rings. The highest BCUT2D eigenvalue weighted by Crippen LogP contribution is 2.35. The number of aliphatic hydroxyl groups is 1. The van der Waals surface area contributed by atoms with E-state index in [-0.39, 0.29) is 36.8 Å². The van der Waals surface area contributed by atoms with Gasteiger partial charge >= 0.3 is 0 Å². The number of nitrogens with zero attached hydrogens (tertiary/aromatic N) is 1. The minimum absolute atomic E-state index is 0.00185. The second kappa shape index (κ2) is 7.18. The summed E-state index contributed by atoms with van der Waals surface area (Å²) in [7, 11) is 0. The fourth-order valence-electron chi connectivity index (χ4n) is 3.36. The maximum atomic E-state index is 12.4. The molecule has 1 heterocycles. The fourth-order valence-corrected chi connectivity index (χ4v) is 3.36. The number of allylic oxidation sites excluding steroid dienone is 2. The number of fused-ring (bicyclic) bond motifs is 1. The molecular formula is C19H23NO4. The van der Waals surface area contributed by atoms with E-state index in [1.807, 2.05) is 36.4 Å². The summed E-state index contributed by atoms with van der Waals surface area (Å²) < 4.78 is 5.60. The van der Waals surface area contributed by atoms with Crippen molar-refractivity contribution >= 4 is 11.8 Å². The SMILES string of the molecule is CCc1cccc(OC[C@@H](O)CN2C(=O)[C@H]3CC=CC[C@H]3C2=O)c1. The van der Waals surface area contributed by atoms with Crippen LogP contribution in [0, 0.1) is 11.8 Å². The summed E-state index contributed by atoms with van der Waals surface area (Å²) in [6, 6.07) is 7.68. The van der Waals surface area contributed by atoms with Crippen molar-refractivity contribution in [3.05, 3.63) is 42.0 Å². The highest BCUT2D eigenvalue weighted by atomic mass is 16.5. The van der Waals surface area contributed by atoms with Crippen LogP contribution in [0.4, 0.5) is 0 Å². The summed E-state index contributed by atoms with van der Waals surface area (Å²) in [5.74, 6) is -0.151. The molecule has 3 rings (SSSR count). The van der Waals surface area contributed by atoms with Crippen LogP contribution < -0.4 is 4.74 Å². The number of aryl methyl sites for hydroxylation is 1. The van der Waals surface area contributed by atoms with Crippen molar-refractivity contribution < 1.29 is 19.4 Å². The van der Waals surface area contributed by atoms with Gasteiger partial charge < -0.3 is 9.84 Å². The lowest BCUT2D eigenvalue weighted by Gasteiger charge is -2.19. The third kappa shape index (κ3) is 3.36. The first kappa shape index (κ1) is 16.7. The quantitative estimate of drug-likeness (QED) is 0.640. The first-order chi connectivity index (χ1) is 11.6. The Balaban J connectivity index is 1.56. The Kier molecular flexibility index (Phi) is 5.00. The zero-order valence-corrected chi connectivity index (χ0v) is 13.9. The molecule has 24 heavy (non-hydrogen) atoms. The molecular weight excluding hydrogens is 306 g/mol. The normalized spacial score (nSPS) is 24.2. The van der Waals surface area contributed by atoms with Crippen LogP contribution in [-0.2, 0) is 16.0 Å². The standard InChI is InChI=1S/C19H23NO4/c1-2-13-6-5-7-15(10-13)24-12-14(21)11-20-18(22)16-8-3-4-9-17(16)19(20)23/h3-7,10,14,16-17,21H,2,8-9,11-12H2,1H3/t14-,16-,17+/m0/s1. The lowest BCUT2D eigenvalue weighted by atomic mass is 9.85. The van der Waals surface area contributed by atoms with E-state index in [0.717, 1.165) is 12.0 Å². The second-order valence-electron chi connectivity index (χ2n) is 6.41. The lowest BCUT2D eigenvalue weighted by Crippen LogP contribution is -2.40. The van der Waals surface area contributed by atoms with Crippen molar-refractivity contribution in [1.82, 2.24) is 4.90 Å². The number of hydrogen-bond donors (Lipinski definition) is 1. The number of amides is 2. The predicted molar refractivity (Wildman–Crippen MR) is 89.4 cm³/mol. The highest BCUT2D eigenvalue weighted by molar-refractivity contribution is 6.05. The molecule has 1 aromatic carbocycles. The molecule has 0 spiro atoms. The van der Waals surface area contributed by atoms with Crippen LogP contribution in [0.3, 0.4) is 0 Å². The number of likely N-dealkylation sites (tertiary alicyclic amines) is 1. The molecule has 0 unspecified atom stereocenters. The minimum Gasteiger partial charge on any atom is -0.491 e. The van der Waals surface area contributed by atoms with Crippen LogP contribution in [0.25, 0.3) is 0 Å². The van der Waals surface area contributed by atoms with Crippen molar-refractivity contribution in [3.8, 4) is 5.75 Å². The Bertz CT molecular complexity index is 629. The van der Waals surface area contributed by atoms with Gasteiger partial charge in [-0.1, -0.05) is 31.2 Å². The van der Waals surface area contributed by atoms with Gasteiger partial charge in [-0.3, -0.25) is 14.5 Å². The summed E-state index contributed by atoms with van der Waals surface area (Å²) in [5.41, 5.74) is 1.16. The number of carbonyl (C=O) groups is 2. The van der Waals surface area contributed by atoms with Gasteiger partial charge in [0.05, 0.1) is 18.4 Å². The van der Waals surface area contributed by atoms with E-state index in [1.54, 1.807) is 0 Å². The number of rotatable bonds is 6. The molecule has 2 amide bonds. The van der Waals surface area contributed by atoms with Gasteiger partial charge in [-0.25, -0.2) is 0 Å². The van der Waals surface area contributed by atoms with Crippen molar-refractivity contribution in [3.63, 3.8) is 0 Å². The van der Waals surface area contributed by atoms with Crippen molar-refractivity contribution in [2.75, 3.05) is 13.2 Å². The molecule has 3 atom stereocenters. The van der Waals surface area contributed by atoms with Gasteiger partial charge in [0.25, 0.3) is 0 Å². The Morgan fingerprint density at radius 2 is 1.88 bits per heavy atom. The second-order valence-corrected chi connectivity index (χ2v) is 6.41. The molecule has 1 aromatic rings. The number of imide groups is 1. The molecule has 0 radical (unpaired) electrons. The molecule has 5 heteroatoms. The van der Waals surface area contributed by atoms with Gasteiger partial charge in [-0.15, -0.1) is 0 Å². The first-order valence-electron chi connectivity index (χ1n) is 8.50. The van der Waals surface area contributed by atoms with Gasteiger partial charge in [0.1, 0.15) is 18.5 Å². The Morgan fingerprint density at radius 1 is 1.21 bits per heavy atom. The van der Waals surface area contributed by atoms with Gasteiger partial charge in [0.2, 0.25) is 11.8 Å². The average molecular weight is 329 g/mol. The molecule has 0 aromatic heterocycles. The summed E-state index contributed by atoms with van der Waals surface area (Å²) in [6.45, 7) is 2.11. The lowest BCUT2D eigenvalue weighted by molar-refractivity contribution is -0.141. The third-order valence-corrected chi connectivity index (χ3v) is 4.74. The number of β-amino-alcohol motifs (C(OH)–C–C–N with tert-alkyl or cyclic N) is 1. The molecule has 1 saturated heterocycles. The summed E-state index contributed by atoms with van der Waals surface area (Å²) in [4.78, 5) is 25.9. The molecule has 1 aliphatic carbocycles. The Hall–Kier alpha value is -2.14. The fraction of sp³-hybridized carbons (Fsp3) is 0.474. The Morgan fingerprint density at radius 3 is 2.50 bits per heavy atom. The van der Waals surface area contributed by atoms with E-state index in [0.29, 0.717) is 18.6 Å². The van der Waals surface area contributed by atoms with Crippen molar-refractivity contribution in [1.29, 1.82) is 0 Å². The molecule has 0 saturated carbocycles. The van der Waals surface area contributed by atoms with Crippen LogP contribution >= 0.6 is 0 Å². The topological polar surface area (TPSA) is 66.8 Å². The smallest absolute Gasteiger partial charge is 0.233 e. The van der Waals surface area contributed by atoms with Gasteiger partial charge in [-0.05, 0) is 37.0 Å². The van der Waals surface area contributed by atoms with Crippen LogP contribution in [0.15, 0.2) is 36.4 Å². The van der Waals surface area contributed by atoms with Gasteiger partial charge in [0, 0.05) is 0 Å². The number of ether oxygens (including phenoxy) is 1. The zero-order valence-electron chi connectivity index (χ0n) is 13.9. The molecule has 1 aliphatic heterocycles. The Labute approximate surface area is 141 Å². The molecule has 0 bridgehead atoms. The molecule has 1 N–H and O–H groups in total. The summed E-state index contributed by atoms with van der Waals surface area (Å²) >= 11 is 0. The first-order valence-corrected chi connectivity index (χ1v) is 8.50. The number of carbonyl (C=O) groups excluding carboxylic acids is 2. The maximum absolute atomic E-state index is 12.4. The van der Waals surface area contributed by atoms with Crippen LogP contribution in [0.2, 0.25) is 0 Å². The largest absolute Gasteiger partial charge is 0.491 e. The van der Waals surface area contributed by atoms with Crippen LogP contribution in [-0.4, -0.2) is 41.1 Å².